The molecule has 0 radical (unpaired) electrons. The van der Waals surface area contributed by atoms with E-state index < -0.39 is 38.2 Å². The number of likely N-dealkylation sites (tertiary alicyclic amines) is 1. The first kappa shape index (κ1) is 30.4. The summed E-state index contributed by atoms with van der Waals surface area (Å²) in [5, 5.41) is 6.50. The molecule has 2 aliphatic rings. The number of ether oxygens (including phenoxy) is 2. The second kappa shape index (κ2) is 11.2. The lowest BCUT2D eigenvalue weighted by Crippen LogP contribution is -2.46. The minimum Gasteiger partial charge on any atom is -0.394 e. The van der Waals surface area contributed by atoms with E-state index in [4.69, 9.17) is 0 Å². The normalized spacial score (nSPS) is 20.3. The fourth-order valence-electron chi connectivity index (χ4n) is 5.02. The van der Waals surface area contributed by atoms with Crippen LogP contribution in [0.3, 0.4) is 0 Å². The maximum Gasteiger partial charge on any atom is 0.586 e. The Kier molecular flexibility index (Phi) is 8.11. The number of piperidine rings is 1. The van der Waals surface area contributed by atoms with Crippen molar-refractivity contribution in [1.82, 2.24) is 4.90 Å². The number of benzene rings is 2. The third kappa shape index (κ3) is 6.61. The number of halogens is 6. The van der Waals surface area contributed by atoms with E-state index in [2.05, 4.69) is 31.9 Å². The van der Waals surface area contributed by atoms with E-state index in [1.165, 1.54) is 25.5 Å². The smallest absolute Gasteiger partial charge is 0.394 e. The molecule has 1 fully saturated rings. The highest BCUT2D eigenvalue weighted by Crippen LogP contribution is 2.51. The second-order valence-corrected chi connectivity index (χ2v) is 14.9. The highest BCUT2D eigenvalue weighted by molar-refractivity contribution is 7.70. The van der Waals surface area contributed by atoms with Gasteiger partial charge in [-0.1, -0.05) is 24.0 Å². The monoisotopic (exact) mass is 631 g/mol. The molecule has 42 heavy (non-hydrogen) atoms. The van der Waals surface area contributed by atoms with E-state index in [0.717, 1.165) is 11.3 Å². The van der Waals surface area contributed by atoms with Crippen LogP contribution in [0.15, 0.2) is 30.3 Å². The van der Waals surface area contributed by atoms with Gasteiger partial charge in [-0.2, -0.15) is 13.2 Å². The summed E-state index contributed by atoms with van der Waals surface area (Å²) in [6.07, 6.45) is -10.2. The van der Waals surface area contributed by atoms with Gasteiger partial charge in [0, 0.05) is 13.1 Å². The van der Waals surface area contributed by atoms with Crippen LogP contribution in [0.2, 0.25) is 0 Å². The summed E-state index contributed by atoms with van der Waals surface area (Å²) in [7, 11) is -1.15. The first-order chi connectivity index (χ1) is 19.6. The molecule has 6 nitrogen and oxygen atoms in total. The zero-order valence-corrected chi connectivity index (χ0v) is 24.6. The van der Waals surface area contributed by atoms with E-state index in [1.54, 1.807) is 18.2 Å². The molecule has 5 rings (SSSR count). The van der Waals surface area contributed by atoms with Crippen molar-refractivity contribution in [3.8, 4) is 23.3 Å². The number of nitrogens with one attached hydrogen (secondary N) is 2. The van der Waals surface area contributed by atoms with Crippen LogP contribution >= 0.6 is 18.5 Å². The number of hydrogen-bond donors (Lipinski definition) is 2. The quantitative estimate of drug-likeness (QED) is 0.184. The van der Waals surface area contributed by atoms with Crippen LogP contribution < -0.4 is 25.4 Å². The molecular formula is C28H28F6N3O3PS. The van der Waals surface area contributed by atoms with Crippen molar-refractivity contribution in [1.29, 1.82) is 0 Å². The molecule has 2 N–H and O–H groups in total. The Hall–Kier alpha value is -3.07. The average molecular weight is 632 g/mol. The van der Waals surface area contributed by atoms with Crippen LogP contribution in [0, 0.1) is 11.8 Å². The fraction of sp³-hybridized carbons (Fsp3) is 0.429. The van der Waals surface area contributed by atoms with Gasteiger partial charge in [0.25, 0.3) is 0 Å². The predicted octanol–water partition coefficient (Wildman–Crippen LogP) is 6.49. The molecule has 0 spiro atoms. The van der Waals surface area contributed by atoms with E-state index in [-0.39, 0.29) is 46.0 Å². The number of anilines is 2. The van der Waals surface area contributed by atoms with E-state index in [0.29, 0.717) is 28.7 Å². The van der Waals surface area contributed by atoms with Crippen LogP contribution in [0.4, 0.5) is 37.7 Å². The Morgan fingerprint density at radius 1 is 1.14 bits per heavy atom. The average Bonchev–Trinajstić information content (AvgIpc) is 3.38. The summed E-state index contributed by atoms with van der Waals surface area (Å²) in [5.41, 5.74) is 0.662. The number of fused-ring (bicyclic) bond motifs is 2. The number of rotatable bonds is 6. The first-order valence-corrected chi connectivity index (χ1v) is 16.4. The van der Waals surface area contributed by atoms with Gasteiger partial charge < -0.3 is 29.6 Å². The Morgan fingerprint density at radius 3 is 2.57 bits per heavy atom. The molecule has 2 aliphatic heterocycles. The zero-order chi connectivity index (χ0) is 30.4. The summed E-state index contributed by atoms with van der Waals surface area (Å²) < 4.78 is 106. The van der Waals surface area contributed by atoms with Crippen molar-refractivity contribution in [2.75, 3.05) is 50.6 Å². The van der Waals surface area contributed by atoms with Crippen molar-refractivity contribution in [3.63, 3.8) is 0 Å². The van der Waals surface area contributed by atoms with Gasteiger partial charge in [-0.3, -0.25) is 0 Å². The molecule has 226 valence electrons. The molecule has 0 saturated carbocycles. The molecule has 1 saturated heterocycles. The number of thiophene rings is 1. The van der Waals surface area contributed by atoms with Gasteiger partial charge in [0.15, 0.2) is 11.5 Å². The van der Waals surface area contributed by atoms with Crippen molar-refractivity contribution in [2.45, 2.75) is 37.5 Å². The summed E-state index contributed by atoms with van der Waals surface area (Å²) in [4.78, 5) is 2.08. The highest BCUT2D eigenvalue weighted by atomic mass is 32.1. The maximum atomic E-state index is 14.7. The third-order valence-corrected chi connectivity index (χ3v) is 9.67. The predicted molar refractivity (Wildman–Crippen MR) is 153 cm³/mol. The highest BCUT2D eigenvalue weighted by Gasteiger charge is 2.47. The van der Waals surface area contributed by atoms with Crippen LogP contribution in [0.25, 0.3) is 10.1 Å². The molecule has 3 aromatic rings. The Labute approximate surface area is 242 Å². The van der Waals surface area contributed by atoms with Crippen LogP contribution in [-0.4, -0.2) is 69.6 Å². The van der Waals surface area contributed by atoms with Crippen molar-refractivity contribution in [2.24, 2.45) is 0 Å². The maximum absolute atomic E-state index is 14.7. The minimum atomic E-state index is -4.49. The fourth-order valence-corrected chi connectivity index (χ4v) is 7.26. The molecular weight excluding hydrogens is 603 g/mol. The topological polar surface area (TPSA) is 62.8 Å². The molecule has 1 aromatic heterocycles. The van der Waals surface area contributed by atoms with Gasteiger partial charge in [0.1, 0.15) is 13.3 Å². The van der Waals surface area contributed by atoms with Gasteiger partial charge >= 0.3 is 12.5 Å². The summed E-state index contributed by atoms with van der Waals surface area (Å²) in [6, 6.07) is 7.27. The second-order valence-electron chi connectivity index (χ2n) is 10.7. The molecule has 2 aromatic carbocycles. The SMILES string of the molecule is CN1CC[C@H](Nc2cccc3c(CC(F)(F)F)c(C#CCNc4ccc(P(C)(C)=O)c5c4OC(F)(F)O5)sc23)[C@H](F)C1. The van der Waals surface area contributed by atoms with Gasteiger partial charge in [-0.25, -0.2) is 4.39 Å². The summed E-state index contributed by atoms with van der Waals surface area (Å²) in [5.74, 6) is 4.91. The van der Waals surface area contributed by atoms with Crippen LogP contribution in [0.1, 0.15) is 16.9 Å². The minimum absolute atomic E-state index is 0.0158. The molecule has 0 amide bonds. The molecule has 0 bridgehead atoms. The lowest BCUT2D eigenvalue weighted by molar-refractivity contribution is -0.286. The van der Waals surface area contributed by atoms with Crippen LogP contribution in [-0.2, 0) is 11.0 Å². The van der Waals surface area contributed by atoms with E-state index in [1.807, 2.05) is 11.9 Å². The molecule has 2 atom stereocenters. The molecule has 14 heteroatoms. The van der Waals surface area contributed by atoms with Gasteiger partial charge in [-0.05, 0) is 55.9 Å². The molecule has 0 unspecified atom stereocenters. The molecule has 0 aliphatic carbocycles. The first-order valence-electron chi connectivity index (χ1n) is 13.0. The van der Waals surface area contributed by atoms with Gasteiger partial charge in [0.2, 0.25) is 0 Å². The number of nitrogens with zero attached hydrogens (tertiary/aromatic N) is 1. The zero-order valence-electron chi connectivity index (χ0n) is 22.9. The lowest BCUT2D eigenvalue weighted by Gasteiger charge is -2.33. The largest absolute Gasteiger partial charge is 0.586 e. The van der Waals surface area contributed by atoms with E-state index >= 15 is 0 Å². The molecule has 3 heterocycles. The lowest BCUT2D eigenvalue weighted by atomic mass is 10.0. The van der Waals surface area contributed by atoms with Crippen molar-refractivity contribution < 1.29 is 40.4 Å². The van der Waals surface area contributed by atoms with Crippen molar-refractivity contribution in [3.05, 3.63) is 40.8 Å². The standard InChI is InChI=1S/C28H28F6N3O3PS/c1-37-13-11-19(18(29)15-37)36-21-7-4-6-16-17(14-27(30,31)32)23(42-26(16)21)8-5-12-35-20-9-10-22(41(2,3)38)25-24(20)39-28(33,34)40-25/h4,6-7,9-10,18-19,35-36H,11-15H2,1-3H3/t18-,19+/m1/s1. The Bertz CT molecular complexity index is 1610. The Morgan fingerprint density at radius 2 is 1.88 bits per heavy atom. The third-order valence-electron chi connectivity index (χ3n) is 6.96. The van der Waals surface area contributed by atoms with Crippen molar-refractivity contribution >= 4 is 45.2 Å². The van der Waals surface area contributed by atoms with Gasteiger partial charge in [-0.15, -0.1) is 20.1 Å². The van der Waals surface area contributed by atoms with Gasteiger partial charge in [0.05, 0.1) is 45.3 Å². The number of alkyl halides is 6. The van der Waals surface area contributed by atoms with E-state index in [9.17, 15) is 30.9 Å². The summed E-state index contributed by atoms with van der Waals surface area (Å²) in [6.45, 7) is 3.65. The number of hydrogen-bond acceptors (Lipinski definition) is 7. The summed E-state index contributed by atoms with van der Waals surface area (Å²) >= 11 is 1.08. The van der Waals surface area contributed by atoms with Crippen LogP contribution in [0.5, 0.6) is 11.5 Å². The Balaban J connectivity index is 1.42.